The molecule has 3 heteroatoms. The maximum Gasteiger partial charge on any atom is 0.0825 e. The third-order valence-corrected chi connectivity index (χ3v) is 2.42. The second kappa shape index (κ2) is 4.99. The van der Waals surface area contributed by atoms with Gasteiger partial charge in [-0.3, -0.25) is 0 Å². The average Bonchev–Trinajstić information content (AvgIpc) is 2.18. The van der Waals surface area contributed by atoms with E-state index in [1.807, 2.05) is 13.0 Å². The molecule has 1 rings (SSSR count). The summed E-state index contributed by atoms with van der Waals surface area (Å²) in [5.74, 6) is -0.0545. The minimum Gasteiger partial charge on any atom is -0.388 e. The van der Waals surface area contributed by atoms with Gasteiger partial charge in [-0.15, -0.1) is 0 Å². The Morgan fingerprint density at radius 3 is 2.50 bits per heavy atom. The molecule has 1 aromatic rings. The third kappa shape index (κ3) is 2.73. The smallest absolute Gasteiger partial charge is 0.0825 e. The number of nitrogens with zero attached hydrogens (tertiary/aromatic N) is 1. The van der Waals surface area contributed by atoms with E-state index < -0.39 is 6.10 Å². The first-order chi connectivity index (χ1) is 6.65. The molecule has 74 valence electrons. The van der Waals surface area contributed by atoms with E-state index in [9.17, 15) is 5.11 Å². The van der Waals surface area contributed by atoms with Crippen LogP contribution in [0, 0.1) is 17.2 Å². The van der Waals surface area contributed by atoms with Crippen LogP contribution in [0.25, 0.3) is 0 Å². The van der Waals surface area contributed by atoms with E-state index in [4.69, 9.17) is 16.9 Å². The van der Waals surface area contributed by atoms with Crippen LogP contribution in [-0.4, -0.2) is 5.11 Å². The Morgan fingerprint density at radius 1 is 1.43 bits per heavy atom. The van der Waals surface area contributed by atoms with Crippen molar-refractivity contribution < 1.29 is 5.11 Å². The van der Waals surface area contributed by atoms with Crippen LogP contribution in [0.3, 0.4) is 0 Å². The first kappa shape index (κ1) is 11.0. The van der Waals surface area contributed by atoms with Gasteiger partial charge < -0.3 is 5.11 Å². The summed E-state index contributed by atoms with van der Waals surface area (Å²) in [7, 11) is 0. The monoisotopic (exact) mass is 209 g/mol. The molecule has 0 aliphatic carbocycles. The zero-order valence-corrected chi connectivity index (χ0v) is 8.70. The molecule has 1 aromatic carbocycles. The van der Waals surface area contributed by atoms with Crippen molar-refractivity contribution in [3.05, 3.63) is 34.9 Å². The first-order valence-corrected chi connectivity index (χ1v) is 4.83. The van der Waals surface area contributed by atoms with Crippen molar-refractivity contribution in [2.45, 2.75) is 19.4 Å². The number of hydrogen-bond acceptors (Lipinski definition) is 2. The summed E-state index contributed by atoms with van der Waals surface area (Å²) in [6, 6.07) is 9.07. The first-order valence-electron chi connectivity index (χ1n) is 4.45. The van der Waals surface area contributed by atoms with Gasteiger partial charge in [-0.2, -0.15) is 5.26 Å². The third-order valence-electron chi connectivity index (χ3n) is 2.16. The van der Waals surface area contributed by atoms with Crippen molar-refractivity contribution in [1.82, 2.24) is 0 Å². The summed E-state index contributed by atoms with van der Waals surface area (Å²) in [6.45, 7) is 1.85. The van der Waals surface area contributed by atoms with Crippen molar-refractivity contribution in [2.75, 3.05) is 0 Å². The van der Waals surface area contributed by atoms with Crippen molar-refractivity contribution in [2.24, 2.45) is 5.92 Å². The normalized spacial score (nSPS) is 14.4. The summed E-state index contributed by atoms with van der Waals surface area (Å²) in [5, 5.41) is 19.0. The molecule has 0 bridgehead atoms. The Morgan fingerprint density at radius 2 is 2.00 bits per heavy atom. The van der Waals surface area contributed by atoms with E-state index in [-0.39, 0.29) is 5.92 Å². The Hall–Kier alpha value is -1.04. The van der Waals surface area contributed by atoms with Crippen LogP contribution in [0.5, 0.6) is 0 Å². The lowest BCUT2D eigenvalue weighted by Gasteiger charge is -2.16. The van der Waals surface area contributed by atoms with Crippen LogP contribution in [0.15, 0.2) is 24.3 Å². The van der Waals surface area contributed by atoms with E-state index in [1.165, 1.54) is 0 Å². The van der Waals surface area contributed by atoms with Gasteiger partial charge in [0.25, 0.3) is 0 Å². The number of hydrogen-bond donors (Lipinski definition) is 1. The zero-order valence-electron chi connectivity index (χ0n) is 7.94. The molecule has 0 spiro atoms. The quantitative estimate of drug-likeness (QED) is 0.832. The summed E-state index contributed by atoms with van der Waals surface area (Å²) in [6.07, 6.45) is -0.240. The fourth-order valence-electron chi connectivity index (χ4n) is 1.24. The molecular weight excluding hydrogens is 198 g/mol. The molecular formula is C11H12ClNO. The predicted octanol–water partition coefficient (Wildman–Crippen LogP) is 2.92. The van der Waals surface area contributed by atoms with Gasteiger partial charge in [0, 0.05) is 11.4 Å². The average molecular weight is 210 g/mol. The molecule has 0 saturated carbocycles. The second-order valence-corrected chi connectivity index (χ2v) is 3.77. The van der Waals surface area contributed by atoms with E-state index in [2.05, 4.69) is 0 Å². The van der Waals surface area contributed by atoms with Crippen molar-refractivity contribution in [3.63, 3.8) is 0 Å². The largest absolute Gasteiger partial charge is 0.388 e. The lowest BCUT2D eigenvalue weighted by Crippen LogP contribution is -2.08. The van der Waals surface area contributed by atoms with Crippen LogP contribution < -0.4 is 0 Å². The highest BCUT2D eigenvalue weighted by Gasteiger charge is 2.15. The summed E-state index contributed by atoms with van der Waals surface area (Å²) >= 11 is 5.72. The van der Waals surface area contributed by atoms with Gasteiger partial charge in [-0.05, 0) is 23.6 Å². The number of aliphatic hydroxyl groups excluding tert-OH is 1. The predicted molar refractivity (Wildman–Crippen MR) is 55.8 cm³/mol. The number of rotatable bonds is 3. The molecule has 0 amide bonds. The molecule has 0 fully saturated rings. The lowest BCUT2D eigenvalue weighted by molar-refractivity contribution is 0.120. The molecule has 0 radical (unpaired) electrons. The van der Waals surface area contributed by atoms with Gasteiger partial charge in [-0.25, -0.2) is 0 Å². The maximum atomic E-state index is 9.82. The van der Waals surface area contributed by atoms with Crippen molar-refractivity contribution in [3.8, 4) is 6.07 Å². The number of aliphatic hydroxyl groups is 1. The molecule has 2 nitrogen and oxygen atoms in total. The molecule has 2 atom stereocenters. The highest BCUT2D eigenvalue weighted by atomic mass is 35.5. The van der Waals surface area contributed by atoms with Crippen LogP contribution in [0.1, 0.15) is 25.0 Å². The fraction of sp³-hybridized carbons (Fsp3) is 0.364. The SMILES string of the molecule is CC(CC#N)C(O)c1ccc(Cl)cc1. The minimum atomic E-state index is -0.591. The molecule has 0 heterocycles. The summed E-state index contributed by atoms with van der Waals surface area (Å²) in [5.41, 5.74) is 0.803. The van der Waals surface area contributed by atoms with Gasteiger partial charge >= 0.3 is 0 Å². The van der Waals surface area contributed by atoms with E-state index >= 15 is 0 Å². The fourth-order valence-corrected chi connectivity index (χ4v) is 1.37. The molecule has 0 aromatic heterocycles. The number of benzene rings is 1. The van der Waals surface area contributed by atoms with Crippen LogP contribution in [0.4, 0.5) is 0 Å². The van der Waals surface area contributed by atoms with E-state index in [0.717, 1.165) is 5.56 Å². The molecule has 14 heavy (non-hydrogen) atoms. The van der Waals surface area contributed by atoms with Gasteiger partial charge in [0.2, 0.25) is 0 Å². The van der Waals surface area contributed by atoms with Gasteiger partial charge in [0.15, 0.2) is 0 Å². The zero-order chi connectivity index (χ0) is 10.6. The Labute approximate surface area is 88.7 Å². The van der Waals surface area contributed by atoms with Crippen molar-refractivity contribution >= 4 is 11.6 Å². The van der Waals surface area contributed by atoms with Crippen LogP contribution in [-0.2, 0) is 0 Å². The molecule has 2 unspecified atom stereocenters. The Bertz CT molecular complexity index is 328. The Kier molecular flexibility index (Phi) is 3.94. The summed E-state index contributed by atoms with van der Waals surface area (Å²) < 4.78 is 0. The molecule has 1 N–H and O–H groups in total. The Balaban J connectivity index is 2.74. The minimum absolute atomic E-state index is 0.0545. The second-order valence-electron chi connectivity index (χ2n) is 3.34. The van der Waals surface area contributed by atoms with Crippen LogP contribution >= 0.6 is 11.6 Å². The molecule has 0 aliphatic rings. The van der Waals surface area contributed by atoms with E-state index in [1.54, 1.807) is 24.3 Å². The van der Waals surface area contributed by atoms with Gasteiger partial charge in [0.05, 0.1) is 12.2 Å². The standard InChI is InChI=1S/C11H12ClNO/c1-8(6-7-13)11(14)9-2-4-10(12)5-3-9/h2-5,8,11,14H,6H2,1H3. The molecule has 0 aliphatic heterocycles. The lowest BCUT2D eigenvalue weighted by atomic mass is 9.95. The highest BCUT2D eigenvalue weighted by molar-refractivity contribution is 6.30. The highest BCUT2D eigenvalue weighted by Crippen LogP contribution is 2.24. The van der Waals surface area contributed by atoms with Crippen molar-refractivity contribution in [1.29, 1.82) is 5.26 Å². The van der Waals surface area contributed by atoms with Gasteiger partial charge in [-0.1, -0.05) is 30.7 Å². The van der Waals surface area contributed by atoms with E-state index in [0.29, 0.717) is 11.4 Å². The summed E-state index contributed by atoms with van der Waals surface area (Å²) in [4.78, 5) is 0. The topological polar surface area (TPSA) is 44.0 Å². The maximum absolute atomic E-state index is 9.82. The van der Waals surface area contributed by atoms with Crippen LogP contribution in [0.2, 0.25) is 5.02 Å². The molecule has 0 saturated heterocycles. The number of nitriles is 1. The number of halogens is 1. The van der Waals surface area contributed by atoms with Gasteiger partial charge in [0.1, 0.15) is 0 Å².